The smallest absolute Gasteiger partial charge is 0.326 e. The summed E-state index contributed by atoms with van der Waals surface area (Å²) in [6.07, 6.45) is 2.22. The van der Waals surface area contributed by atoms with Crippen LogP contribution >= 0.6 is 0 Å². The number of nitrogens with one attached hydrogen (secondary N) is 3. The monoisotopic (exact) mass is 502 g/mol. The summed E-state index contributed by atoms with van der Waals surface area (Å²) >= 11 is 0. The summed E-state index contributed by atoms with van der Waals surface area (Å²) in [5.41, 5.74) is 21.8. The molecule has 4 atom stereocenters. The fraction of sp³-hybridized carbons (Fsp3) is 0.762. The second-order valence-electron chi connectivity index (χ2n) is 8.67. The SMILES string of the molecule is CC(C)CC(NC(=O)C(CCCN=C(N)N)NC(=O)C(CO)NC(=O)C(N)CCCCN)C(=O)O. The van der Waals surface area contributed by atoms with Crippen molar-refractivity contribution < 1.29 is 29.4 Å². The third-order valence-corrected chi connectivity index (χ3v) is 5.02. The van der Waals surface area contributed by atoms with Gasteiger partial charge in [0.25, 0.3) is 0 Å². The highest BCUT2D eigenvalue weighted by Crippen LogP contribution is 2.07. The number of aliphatic imine (C=N–C) groups is 1. The minimum atomic E-state index is -1.36. The molecule has 202 valence electrons. The molecule has 0 radical (unpaired) electrons. The van der Waals surface area contributed by atoms with E-state index in [0.717, 1.165) is 0 Å². The zero-order valence-electron chi connectivity index (χ0n) is 20.5. The summed E-state index contributed by atoms with van der Waals surface area (Å²) in [5.74, 6) is -3.53. The van der Waals surface area contributed by atoms with E-state index < -0.39 is 54.5 Å². The van der Waals surface area contributed by atoms with E-state index in [4.69, 9.17) is 22.9 Å². The van der Waals surface area contributed by atoms with Crippen LogP contribution in [0.2, 0.25) is 0 Å². The normalized spacial score (nSPS) is 14.3. The van der Waals surface area contributed by atoms with Crippen LogP contribution in [-0.2, 0) is 19.2 Å². The third-order valence-electron chi connectivity index (χ3n) is 5.02. The molecule has 3 amide bonds. The summed E-state index contributed by atoms with van der Waals surface area (Å²) in [5, 5.41) is 26.3. The fourth-order valence-electron chi connectivity index (χ4n) is 3.12. The second kappa shape index (κ2) is 17.5. The number of unbranched alkanes of at least 4 members (excludes halogenated alkanes) is 1. The Kier molecular flexibility index (Phi) is 16.0. The standard InChI is InChI=1S/C21H42N8O6/c1-12(2)10-15(20(34)35)28-18(32)14(7-5-9-26-21(24)25)27-19(33)16(11-30)29-17(31)13(23)6-3-4-8-22/h12-16,30H,3-11,22-23H2,1-2H3,(H,27,33)(H,28,32)(H,29,31)(H,34,35)(H4,24,25,26). The van der Waals surface area contributed by atoms with Crippen LogP contribution in [0, 0.1) is 5.92 Å². The maximum Gasteiger partial charge on any atom is 0.326 e. The van der Waals surface area contributed by atoms with Gasteiger partial charge in [0.15, 0.2) is 5.96 Å². The van der Waals surface area contributed by atoms with Crippen LogP contribution < -0.4 is 38.9 Å². The van der Waals surface area contributed by atoms with Gasteiger partial charge in [0.05, 0.1) is 12.6 Å². The zero-order valence-corrected chi connectivity index (χ0v) is 20.5. The van der Waals surface area contributed by atoms with Crippen LogP contribution in [0.4, 0.5) is 0 Å². The Hall–Kier alpha value is -2.97. The summed E-state index contributed by atoms with van der Waals surface area (Å²) in [4.78, 5) is 53.2. The number of hydrogen-bond acceptors (Lipinski definition) is 8. The van der Waals surface area contributed by atoms with Gasteiger partial charge in [-0.25, -0.2) is 4.79 Å². The van der Waals surface area contributed by atoms with Gasteiger partial charge in [0.2, 0.25) is 17.7 Å². The molecule has 0 aromatic heterocycles. The number of aliphatic carboxylic acids is 1. The average molecular weight is 503 g/mol. The van der Waals surface area contributed by atoms with Gasteiger partial charge in [-0.15, -0.1) is 0 Å². The summed E-state index contributed by atoms with van der Waals surface area (Å²) in [6.45, 7) is 3.52. The van der Waals surface area contributed by atoms with E-state index in [-0.39, 0.29) is 31.3 Å². The van der Waals surface area contributed by atoms with Crippen molar-refractivity contribution in [1.29, 1.82) is 0 Å². The molecule has 13 N–H and O–H groups in total. The molecule has 0 bridgehead atoms. The quantitative estimate of drug-likeness (QED) is 0.0523. The minimum absolute atomic E-state index is 0.00523. The van der Waals surface area contributed by atoms with Crippen molar-refractivity contribution >= 4 is 29.7 Å². The lowest BCUT2D eigenvalue weighted by Gasteiger charge is -2.25. The molecule has 0 aliphatic carbocycles. The van der Waals surface area contributed by atoms with Crippen molar-refractivity contribution in [3.8, 4) is 0 Å². The first kappa shape index (κ1) is 32.0. The van der Waals surface area contributed by atoms with Crippen LogP contribution in [-0.4, -0.2) is 83.7 Å². The number of carbonyl (C=O) groups excluding carboxylic acids is 3. The molecule has 0 aromatic carbocycles. The van der Waals surface area contributed by atoms with E-state index in [9.17, 15) is 29.4 Å². The average Bonchev–Trinajstić information content (AvgIpc) is 2.77. The van der Waals surface area contributed by atoms with Crippen molar-refractivity contribution in [3.63, 3.8) is 0 Å². The van der Waals surface area contributed by atoms with Gasteiger partial charge in [-0.05, 0) is 44.6 Å². The Labute approximate surface area is 205 Å². The lowest BCUT2D eigenvalue weighted by molar-refractivity contribution is -0.143. The Balaban J connectivity index is 5.33. The lowest BCUT2D eigenvalue weighted by atomic mass is 10.0. The molecule has 0 aliphatic rings. The van der Waals surface area contributed by atoms with Gasteiger partial charge in [0.1, 0.15) is 18.1 Å². The van der Waals surface area contributed by atoms with Crippen LogP contribution in [0.1, 0.15) is 52.4 Å². The van der Waals surface area contributed by atoms with Gasteiger partial charge < -0.3 is 49.1 Å². The van der Waals surface area contributed by atoms with E-state index in [2.05, 4.69) is 20.9 Å². The van der Waals surface area contributed by atoms with E-state index in [1.165, 1.54) is 0 Å². The molecular weight excluding hydrogens is 460 g/mol. The van der Waals surface area contributed by atoms with Gasteiger partial charge in [-0.2, -0.15) is 0 Å². The Morgan fingerprint density at radius 3 is 1.94 bits per heavy atom. The van der Waals surface area contributed by atoms with Gasteiger partial charge in [-0.1, -0.05) is 20.3 Å². The van der Waals surface area contributed by atoms with Gasteiger partial charge in [0, 0.05) is 6.54 Å². The first-order chi connectivity index (χ1) is 16.4. The molecule has 0 rings (SSSR count). The highest BCUT2D eigenvalue weighted by molar-refractivity contribution is 5.94. The molecule has 0 saturated heterocycles. The van der Waals surface area contributed by atoms with Crippen molar-refractivity contribution in [2.45, 2.75) is 76.5 Å². The van der Waals surface area contributed by atoms with Crippen molar-refractivity contribution in [1.82, 2.24) is 16.0 Å². The Morgan fingerprint density at radius 2 is 1.43 bits per heavy atom. The number of amides is 3. The minimum Gasteiger partial charge on any atom is -0.480 e. The summed E-state index contributed by atoms with van der Waals surface area (Å²) in [6, 6.07) is -4.56. The van der Waals surface area contributed by atoms with Crippen molar-refractivity contribution in [2.24, 2.45) is 33.8 Å². The number of aliphatic hydroxyl groups is 1. The molecule has 0 spiro atoms. The molecule has 0 aliphatic heterocycles. The van der Waals surface area contributed by atoms with Crippen molar-refractivity contribution in [2.75, 3.05) is 19.7 Å². The Bertz CT molecular complexity index is 714. The highest BCUT2D eigenvalue weighted by Gasteiger charge is 2.30. The number of carbonyl (C=O) groups is 4. The number of carboxylic acid groups (broad SMARTS) is 1. The molecule has 0 fully saturated rings. The maximum absolute atomic E-state index is 12.8. The molecule has 4 unspecified atom stereocenters. The molecule has 0 aromatic rings. The van der Waals surface area contributed by atoms with E-state index >= 15 is 0 Å². The fourth-order valence-corrected chi connectivity index (χ4v) is 3.12. The van der Waals surface area contributed by atoms with Gasteiger partial charge in [-0.3, -0.25) is 19.4 Å². The number of rotatable bonds is 18. The van der Waals surface area contributed by atoms with Gasteiger partial charge >= 0.3 is 5.97 Å². The number of carboxylic acids is 1. The highest BCUT2D eigenvalue weighted by atomic mass is 16.4. The molecule has 0 heterocycles. The number of nitrogens with two attached hydrogens (primary N) is 4. The van der Waals surface area contributed by atoms with Crippen LogP contribution in [0.25, 0.3) is 0 Å². The molecule has 14 heteroatoms. The van der Waals surface area contributed by atoms with E-state index in [1.807, 2.05) is 13.8 Å². The predicted molar refractivity (Wildman–Crippen MR) is 131 cm³/mol. The third kappa shape index (κ3) is 14.1. The first-order valence-electron chi connectivity index (χ1n) is 11.7. The van der Waals surface area contributed by atoms with E-state index in [1.54, 1.807) is 0 Å². The van der Waals surface area contributed by atoms with Crippen LogP contribution in [0.15, 0.2) is 4.99 Å². The largest absolute Gasteiger partial charge is 0.480 e. The first-order valence-corrected chi connectivity index (χ1v) is 11.7. The summed E-state index contributed by atoms with van der Waals surface area (Å²) < 4.78 is 0. The zero-order chi connectivity index (χ0) is 27.0. The van der Waals surface area contributed by atoms with Crippen LogP contribution in [0.5, 0.6) is 0 Å². The van der Waals surface area contributed by atoms with Crippen molar-refractivity contribution in [3.05, 3.63) is 0 Å². The lowest BCUT2D eigenvalue weighted by Crippen LogP contribution is -2.58. The Morgan fingerprint density at radius 1 is 0.857 bits per heavy atom. The number of nitrogens with zero attached hydrogens (tertiary/aromatic N) is 1. The number of aliphatic hydroxyl groups excluding tert-OH is 1. The molecule has 0 saturated carbocycles. The topological polar surface area (TPSA) is 261 Å². The second-order valence-corrected chi connectivity index (χ2v) is 8.67. The van der Waals surface area contributed by atoms with E-state index in [0.29, 0.717) is 32.2 Å². The number of guanidine groups is 1. The molecule has 14 nitrogen and oxygen atoms in total. The summed E-state index contributed by atoms with van der Waals surface area (Å²) in [7, 11) is 0. The number of hydrogen-bond donors (Lipinski definition) is 9. The molecule has 35 heavy (non-hydrogen) atoms. The predicted octanol–water partition coefficient (Wildman–Crippen LogP) is -2.93. The maximum atomic E-state index is 12.8. The molecular formula is C21H42N8O6. The van der Waals surface area contributed by atoms with Crippen LogP contribution in [0.3, 0.4) is 0 Å².